The summed E-state index contributed by atoms with van der Waals surface area (Å²) < 4.78 is 0. The molecular formula is C11H25N3. The second kappa shape index (κ2) is 6.38. The minimum atomic E-state index is 0.888. The van der Waals surface area contributed by atoms with Crippen molar-refractivity contribution >= 4 is 0 Å². The van der Waals surface area contributed by atoms with Gasteiger partial charge < -0.3 is 15.1 Å². The van der Waals surface area contributed by atoms with Gasteiger partial charge in [-0.3, -0.25) is 0 Å². The molecule has 84 valence electrons. The molecule has 3 heteroatoms. The summed E-state index contributed by atoms with van der Waals surface area (Å²) in [6.45, 7) is 6.12. The molecule has 1 heterocycles. The van der Waals surface area contributed by atoms with Gasteiger partial charge in [0.2, 0.25) is 0 Å². The molecule has 1 saturated heterocycles. The van der Waals surface area contributed by atoms with Crippen LogP contribution in [0.5, 0.6) is 0 Å². The van der Waals surface area contributed by atoms with Gasteiger partial charge in [0.25, 0.3) is 0 Å². The van der Waals surface area contributed by atoms with E-state index < -0.39 is 0 Å². The number of likely N-dealkylation sites (tertiary alicyclic amines) is 1. The SMILES string of the molecule is CN(C)CCCNCC1CCN(C)C1. The molecule has 1 aliphatic heterocycles. The number of rotatable bonds is 6. The molecule has 1 unspecified atom stereocenters. The van der Waals surface area contributed by atoms with Crippen LogP contribution in [0.2, 0.25) is 0 Å². The molecule has 1 N–H and O–H groups in total. The first-order chi connectivity index (χ1) is 6.68. The highest BCUT2D eigenvalue weighted by Crippen LogP contribution is 2.12. The van der Waals surface area contributed by atoms with E-state index in [0.29, 0.717) is 0 Å². The van der Waals surface area contributed by atoms with Gasteiger partial charge >= 0.3 is 0 Å². The largest absolute Gasteiger partial charge is 0.316 e. The number of hydrogen-bond acceptors (Lipinski definition) is 3. The van der Waals surface area contributed by atoms with Crippen molar-refractivity contribution in [2.75, 3.05) is 53.9 Å². The molecule has 1 rings (SSSR count). The fraction of sp³-hybridized carbons (Fsp3) is 1.00. The Balaban J connectivity index is 1.89. The molecule has 0 bridgehead atoms. The third-order valence-electron chi connectivity index (χ3n) is 2.88. The van der Waals surface area contributed by atoms with Gasteiger partial charge in [-0.25, -0.2) is 0 Å². The average molecular weight is 199 g/mol. The Morgan fingerprint density at radius 1 is 1.43 bits per heavy atom. The minimum absolute atomic E-state index is 0.888. The summed E-state index contributed by atoms with van der Waals surface area (Å²) >= 11 is 0. The van der Waals surface area contributed by atoms with Gasteiger partial charge in [0.15, 0.2) is 0 Å². The third kappa shape index (κ3) is 4.94. The topological polar surface area (TPSA) is 18.5 Å². The van der Waals surface area contributed by atoms with E-state index in [4.69, 9.17) is 0 Å². The lowest BCUT2D eigenvalue weighted by molar-refractivity contribution is 0.375. The van der Waals surface area contributed by atoms with Crippen molar-refractivity contribution in [2.24, 2.45) is 5.92 Å². The molecule has 0 amide bonds. The molecule has 14 heavy (non-hydrogen) atoms. The second-order valence-corrected chi connectivity index (χ2v) is 4.78. The van der Waals surface area contributed by atoms with E-state index in [9.17, 15) is 0 Å². The van der Waals surface area contributed by atoms with Crippen molar-refractivity contribution in [3.63, 3.8) is 0 Å². The number of nitrogens with one attached hydrogen (secondary N) is 1. The first-order valence-electron chi connectivity index (χ1n) is 5.72. The summed E-state index contributed by atoms with van der Waals surface area (Å²) in [4.78, 5) is 4.66. The zero-order chi connectivity index (χ0) is 10.4. The Labute approximate surface area is 88.5 Å². The molecule has 0 saturated carbocycles. The van der Waals surface area contributed by atoms with Crippen LogP contribution < -0.4 is 5.32 Å². The van der Waals surface area contributed by atoms with Crippen LogP contribution in [0.25, 0.3) is 0 Å². The van der Waals surface area contributed by atoms with E-state index in [1.165, 1.54) is 45.6 Å². The maximum atomic E-state index is 3.55. The van der Waals surface area contributed by atoms with Crippen molar-refractivity contribution in [1.29, 1.82) is 0 Å². The average Bonchev–Trinajstić information content (AvgIpc) is 2.50. The quantitative estimate of drug-likeness (QED) is 0.628. The van der Waals surface area contributed by atoms with Crippen molar-refractivity contribution in [3.8, 4) is 0 Å². The van der Waals surface area contributed by atoms with Gasteiger partial charge in [-0.2, -0.15) is 0 Å². The fourth-order valence-corrected chi connectivity index (χ4v) is 2.02. The van der Waals surface area contributed by atoms with E-state index in [1.54, 1.807) is 0 Å². The minimum Gasteiger partial charge on any atom is -0.316 e. The van der Waals surface area contributed by atoms with Crippen LogP contribution in [-0.2, 0) is 0 Å². The Kier molecular flexibility index (Phi) is 5.45. The van der Waals surface area contributed by atoms with E-state index in [-0.39, 0.29) is 0 Å². The molecule has 1 aliphatic rings. The fourth-order valence-electron chi connectivity index (χ4n) is 2.02. The van der Waals surface area contributed by atoms with Gasteiger partial charge in [-0.15, -0.1) is 0 Å². The Bertz CT molecular complexity index is 147. The Morgan fingerprint density at radius 3 is 2.79 bits per heavy atom. The molecule has 3 nitrogen and oxygen atoms in total. The van der Waals surface area contributed by atoms with Crippen LogP contribution in [0.15, 0.2) is 0 Å². The molecule has 0 aromatic heterocycles. The van der Waals surface area contributed by atoms with Crippen LogP contribution in [-0.4, -0.2) is 63.7 Å². The van der Waals surface area contributed by atoms with Gasteiger partial charge in [-0.05, 0) is 66.1 Å². The van der Waals surface area contributed by atoms with Crippen LogP contribution in [0, 0.1) is 5.92 Å². The zero-order valence-corrected chi connectivity index (χ0v) is 9.92. The zero-order valence-electron chi connectivity index (χ0n) is 9.92. The maximum absolute atomic E-state index is 3.55. The molecule has 0 aromatic carbocycles. The highest BCUT2D eigenvalue weighted by molar-refractivity contribution is 4.74. The Morgan fingerprint density at radius 2 is 2.21 bits per heavy atom. The van der Waals surface area contributed by atoms with E-state index in [1.807, 2.05) is 0 Å². The lowest BCUT2D eigenvalue weighted by Gasteiger charge is -2.13. The van der Waals surface area contributed by atoms with Gasteiger partial charge in [0.05, 0.1) is 0 Å². The van der Waals surface area contributed by atoms with E-state index in [2.05, 4.69) is 36.3 Å². The first-order valence-corrected chi connectivity index (χ1v) is 5.72. The number of nitrogens with zero attached hydrogens (tertiary/aromatic N) is 2. The lowest BCUT2D eigenvalue weighted by atomic mass is 10.1. The highest BCUT2D eigenvalue weighted by atomic mass is 15.1. The molecule has 0 spiro atoms. The third-order valence-corrected chi connectivity index (χ3v) is 2.88. The van der Waals surface area contributed by atoms with Crippen molar-refractivity contribution < 1.29 is 0 Å². The van der Waals surface area contributed by atoms with Crippen molar-refractivity contribution in [3.05, 3.63) is 0 Å². The summed E-state index contributed by atoms with van der Waals surface area (Å²) in [6, 6.07) is 0. The molecule has 1 atom stereocenters. The standard InChI is InChI=1S/C11H25N3/c1-13(2)7-4-6-12-9-11-5-8-14(3)10-11/h11-12H,4-10H2,1-3H3. The van der Waals surface area contributed by atoms with Crippen LogP contribution in [0.3, 0.4) is 0 Å². The molecule has 1 fully saturated rings. The predicted molar refractivity (Wildman–Crippen MR) is 61.6 cm³/mol. The van der Waals surface area contributed by atoms with Gasteiger partial charge in [-0.1, -0.05) is 0 Å². The smallest absolute Gasteiger partial charge is 0.00192 e. The summed E-state index contributed by atoms with van der Waals surface area (Å²) in [7, 11) is 6.48. The van der Waals surface area contributed by atoms with Crippen LogP contribution >= 0.6 is 0 Å². The molecular weight excluding hydrogens is 174 g/mol. The summed E-state index contributed by atoms with van der Waals surface area (Å²) in [5.41, 5.74) is 0. The van der Waals surface area contributed by atoms with E-state index >= 15 is 0 Å². The molecule has 0 aromatic rings. The van der Waals surface area contributed by atoms with E-state index in [0.717, 1.165) is 5.92 Å². The first kappa shape index (κ1) is 12.0. The number of hydrogen-bond donors (Lipinski definition) is 1. The predicted octanol–water partition coefficient (Wildman–Crippen LogP) is 0.479. The normalized spacial score (nSPS) is 23.6. The second-order valence-electron chi connectivity index (χ2n) is 4.78. The van der Waals surface area contributed by atoms with Crippen LogP contribution in [0.4, 0.5) is 0 Å². The van der Waals surface area contributed by atoms with Crippen molar-refractivity contribution in [1.82, 2.24) is 15.1 Å². The van der Waals surface area contributed by atoms with Gasteiger partial charge in [0, 0.05) is 6.54 Å². The highest BCUT2D eigenvalue weighted by Gasteiger charge is 2.18. The lowest BCUT2D eigenvalue weighted by Crippen LogP contribution is -2.27. The Hall–Kier alpha value is -0.120. The molecule has 0 aliphatic carbocycles. The van der Waals surface area contributed by atoms with Gasteiger partial charge in [0.1, 0.15) is 0 Å². The monoisotopic (exact) mass is 199 g/mol. The summed E-state index contributed by atoms with van der Waals surface area (Å²) in [5.74, 6) is 0.888. The summed E-state index contributed by atoms with van der Waals surface area (Å²) in [6.07, 6.45) is 2.63. The molecule has 0 radical (unpaired) electrons. The van der Waals surface area contributed by atoms with Crippen molar-refractivity contribution in [2.45, 2.75) is 12.8 Å². The van der Waals surface area contributed by atoms with Crippen LogP contribution in [0.1, 0.15) is 12.8 Å². The summed E-state index contributed by atoms with van der Waals surface area (Å²) in [5, 5.41) is 3.55. The maximum Gasteiger partial charge on any atom is 0.00192 e.